The summed E-state index contributed by atoms with van der Waals surface area (Å²) in [6, 6.07) is 0. The molecule has 1 aliphatic carbocycles. The van der Waals surface area contributed by atoms with Crippen LogP contribution >= 0.6 is 0 Å². The van der Waals surface area contributed by atoms with E-state index in [0.29, 0.717) is 0 Å². The summed E-state index contributed by atoms with van der Waals surface area (Å²) < 4.78 is 0. The molecule has 0 radical (unpaired) electrons. The predicted molar refractivity (Wildman–Crippen MR) is 47.5 cm³/mol. The molecule has 1 heterocycles. The van der Waals surface area contributed by atoms with Gasteiger partial charge >= 0.3 is 0 Å². The minimum Gasteiger partial charge on any atom is -0.269 e. The van der Waals surface area contributed by atoms with Gasteiger partial charge in [-0.1, -0.05) is 6.58 Å². The van der Waals surface area contributed by atoms with Gasteiger partial charge in [0.15, 0.2) is 0 Å². The zero-order valence-corrected chi connectivity index (χ0v) is 7.38. The van der Waals surface area contributed by atoms with Gasteiger partial charge in [0.1, 0.15) is 0 Å². The van der Waals surface area contributed by atoms with Crippen LogP contribution in [0.5, 0.6) is 0 Å². The highest BCUT2D eigenvalue weighted by Crippen LogP contribution is 2.32. The zero-order chi connectivity index (χ0) is 9.42. The Morgan fingerprint density at radius 1 is 1.08 bits per heavy atom. The fraction of sp³-hybridized carbons (Fsp3) is 0.400. The normalized spacial score (nSPS) is 22.3. The lowest BCUT2D eigenvalue weighted by Gasteiger charge is -2.08. The maximum Gasteiger partial charge on any atom is 0.261 e. The Hall–Kier alpha value is -1.38. The molecule has 2 rings (SSSR count). The van der Waals surface area contributed by atoms with Crippen molar-refractivity contribution in [1.82, 2.24) is 4.90 Å². The van der Waals surface area contributed by atoms with Gasteiger partial charge in [-0.15, -0.1) is 0 Å². The highest BCUT2D eigenvalue weighted by atomic mass is 16.2. The minimum absolute atomic E-state index is 0.158. The Labute approximate surface area is 76.7 Å². The SMILES string of the molecule is C=CN1C(=O)C2=C(CCCC2)C1=O. The second kappa shape index (κ2) is 2.83. The average molecular weight is 177 g/mol. The molecule has 0 spiro atoms. The van der Waals surface area contributed by atoms with Gasteiger partial charge in [-0.3, -0.25) is 14.5 Å². The highest BCUT2D eigenvalue weighted by molar-refractivity contribution is 6.20. The fourth-order valence-corrected chi connectivity index (χ4v) is 1.93. The summed E-state index contributed by atoms with van der Waals surface area (Å²) in [4.78, 5) is 24.2. The molecule has 0 aromatic heterocycles. The standard InChI is InChI=1S/C10H11NO2/c1-2-11-9(12)7-5-3-4-6-8(7)10(11)13/h2H,1,3-6H2. The maximum atomic E-state index is 11.6. The molecule has 13 heavy (non-hydrogen) atoms. The number of amides is 2. The van der Waals surface area contributed by atoms with Crippen molar-refractivity contribution in [2.45, 2.75) is 25.7 Å². The Balaban J connectivity index is 2.40. The molecule has 0 aromatic rings. The largest absolute Gasteiger partial charge is 0.269 e. The first kappa shape index (κ1) is 8.23. The zero-order valence-electron chi connectivity index (χ0n) is 7.38. The van der Waals surface area contributed by atoms with Gasteiger partial charge in [-0.25, -0.2) is 0 Å². The van der Waals surface area contributed by atoms with Crippen molar-refractivity contribution in [3.63, 3.8) is 0 Å². The van der Waals surface area contributed by atoms with Crippen LogP contribution in [-0.2, 0) is 9.59 Å². The highest BCUT2D eigenvalue weighted by Gasteiger charge is 2.37. The Kier molecular flexibility index (Phi) is 1.79. The third-order valence-electron chi connectivity index (χ3n) is 2.60. The van der Waals surface area contributed by atoms with Crippen LogP contribution in [-0.4, -0.2) is 16.7 Å². The molecule has 3 heteroatoms. The van der Waals surface area contributed by atoms with E-state index in [1.54, 1.807) is 0 Å². The molecule has 0 fully saturated rings. The van der Waals surface area contributed by atoms with Gasteiger partial charge in [0.25, 0.3) is 11.8 Å². The van der Waals surface area contributed by atoms with E-state index in [-0.39, 0.29) is 11.8 Å². The van der Waals surface area contributed by atoms with Gasteiger partial charge in [0.05, 0.1) is 0 Å². The van der Waals surface area contributed by atoms with Gasteiger partial charge in [-0.05, 0) is 25.7 Å². The van der Waals surface area contributed by atoms with Crippen LogP contribution < -0.4 is 0 Å². The van der Waals surface area contributed by atoms with E-state index in [0.717, 1.165) is 41.7 Å². The van der Waals surface area contributed by atoms with Crippen molar-refractivity contribution in [2.24, 2.45) is 0 Å². The Bertz CT molecular complexity index is 300. The van der Waals surface area contributed by atoms with E-state index in [1.165, 1.54) is 6.20 Å². The van der Waals surface area contributed by atoms with Crippen LogP contribution in [0.25, 0.3) is 0 Å². The van der Waals surface area contributed by atoms with Crippen LogP contribution in [0.4, 0.5) is 0 Å². The Morgan fingerprint density at radius 2 is 1.54 bits per heavy atom. The van der Waals surface area contributed by atoms with Crippen molar-refractivity contribution in [1.29, 1.82) is 0 Å². The molecule has 2 aliphatic rings. The summed E-state index contributed by atoms with van der Waals surface area (Å²) in [5.74, 6) is -0.315. The molecule has 0 bridgehead atoms. The quantitative estimate of drug-likeness (QED) is 0.567. The van der Waals surface area contributed by atoms with Gasteiger partial charge in [-0.2, -0.15) is 0 Å². The van der Waals surface area contributed by atoms with Crippen LogP contribution in [0.3, 0.4) is 0 Å². The molecule has 0 aromatic carbocycles. The van der Waals surface area contributed by atoms with E-state index < -0.39 is 0 Å². The molecular formula is C10H11NO2. The molecule has 2 amide bonds. The molecule has 0 N–H and O–H groups in total. The first-order valence-corrected chi connectivity index (χ1v) is 4.48. The van der Waals surface area contributed by atoms with Crippen LogP contribution in [0.15, 0.2) is 23.9 Å². The maximum absolute atomic E-state index is 11.6. The number of imide groups is 1. The second-order valence-corrected chi connectivity index (χ2v) is 3.33. The number of nitrogens with zero attached hydrogens (tertiary/aromatic N) is 1. The fourth-order valence-electron chi connectivity index (χ4n) is 1.93. The van der Waals surface area contributed by atoms with Crippen molar-refractivity contribution < 1.29 is 9.59 Å². The molecule has 3 nitrogen and oxygen atoms in total. The predicted octanol–water partition coefficient (Wildman–Crippen LogP) is 1.37. The summed E-state index contributed by atoms with van der Waals surface area (Å²) in [5.41, 5.74) is 1.44. The van der Waals surface area contributed by atoms with Crippen molar-refractivity contribution in [3.8, 4) is 0 Å². The lowest BCUT2D eigenvalue weighted by Crippen LogP contribution is -2.25. The van der Waals surface area contributed by atoms with E-state index in [4.69, 9.17) is 0 Å². The van der Waals surface area contributed by atoms with Crippen LogP contribution in [0.1, 0.15) is 25.7 Å². The molecular weight excluding hydrogens is 166 g/mol. The number of hydrogen-bond acceptors (Lipinski definition) is 2. The molecule has 68 valence electrons. The van der Waals surface area contributed by atoms with E-state index in [1.807, 2.05) is 0 Å². The minimum atomic E-state index is -0.158. The topological polar surface area (TPSA) is 37.4 Å². The molecule has 0 unspecified atom stereocenters. The van der Waals surface area contributed by atoms with Crippen LogP contribution in [0, 0.1) is 0 Å². The number of carbonyl (C=O) groups is 2. The lowest BCUT2D eigenvalue weighted by molar-refractivity contribution is -0.134. The summed E-state index contributed by atoms with van der Waals surface area (Å²) in [7, 11) is 0. The molecule has 1 aliphatic heterocycles. The first-order valence-electron chi connectivity index (χ1n) is 4.48. The smallest absolute Gasteiger partial charge is 0.261 e. The second-order valence-electron chi connectivity index (χ2n) is 3.33. The van der Waals surface area contributed by atoms with Gasteiger partial charge < -0.3 is 0 Å². The van der Waals surface area contributed by atoms with Gasteiger partial charge in [0.2, 0.25) is 0 Å². The first-order chi connectivity index (χ1) is 6.25. The molecule has 0 atom stereocenters. The Morgan fingerprint density at radius 3 is 1.92 bits per heavy atom. The monoisotopic (exact) mass is 177 g/mol. The summed E-state index contributed by atoms with van der Waals surface area (Å²) >= 11 is 0. The van der Waals surface area contributed by atoms with Crippen molar-refractivity contribution >= 4 is 11.8 Å². The van der Waals surface area contributed by atoms with Crippen molar-refractivity contribution in [3.05, 3.63) is 23.9 Å². The average Bonchev–Trinajstić information content (AvgIpc) is 2.41. The van der Waals surface area contributed by atoms with Gasteiger partial charge in [0, 0.05) is 17.3 Å². The third-order valence-corrected chi connectivity index (χ3v) is 2.60. The lowest BCUT2D eigenvalue weighted by atomic mass is 9.93. The number of carbonyl (C=O) groups excluding carboxylic acids is 2. The number of hydrogen-bond donors (Lipinski definition) is 0. The number of rotatable bonds is 1. The summed E-state index contributed by atoms with van der Waals surface area (Å²) in [6.45, 7) is 3.46. The summed E-state index contributed by atoms with van der Waals surface area (Å²) in [5, 5.41) is 0. The molecule has 0 saturated heterocycles. The van der Waals surface area contributed by atoms with E-state index in [9.17, 15) is 9.59 Å². The molecule has 0 saturated carbocycles. The third kappa shape index (κ3) is 1.03. The van der Waals surface area contributed by atoms with E-state index >= 15 is 0 Å². The van der Waals surface area contributed by atoms with E-state index in [2.05, 4.69) is 6.58 Å². The summed E-state index contributed by atoms with van der Waals surface area (Å²) in [6.07, 6.45) is 4.85. The van der Waals surface area contributed by atoms with Crippen molar-refractivity contribution in [2.75, 3.05) is 0 Å². The van der Waals surface area contributed by atoms with Crippen LogP contribution in [0.2, 0.25) is 0 Å².